The second kappa shape index (κ2) is 10.1. The minimum atomic E-state index is -0.332. The van der Waals surface area contributed by atoms with Gasteiger partial charge in [-0.25, -0.2) is 0 Å². The Kier molecular flexibility index (Phi) is 8.61. The Morgan fingerprint density at radius 1 is 1.16 bits per heavy atom. The molecule has 1 rings (SSSR count). The summed E-state index contributed by atoms with van der Waals surface area (Å²) in [6.07, 6.45) is 8.74. The lowest BCUT2D eigenvalue weighted by molar-refractivity contribution is 0.128. The van der Waals surface area contributed by atoms with Gasteiger partial charge in [0.15, 0.2) is 0 Å². The van der Waals surface area contributed by atoms with E-state index < -0.39 is 0 Å². The van der Waals surface area contributed by atoms with Gasteiger partial charge in [0.1, 0.15) is 5.56 Å². The summed E-state index contributed by atoms with van der Waals surface area (Å²) in [6, 6.07) is 10.1. The van der Waals surface area contributed by atoms with Gasteiger partial charge < -0.3 is 4.74 Å². The number of rotatable bonds is 9. The number of alkyl halides is 1. The largest absolute Gasteiger partial charge is 0.359 e. The van der Waals surface area contributed by atoms with E-state index in [0.717, 1.165) is 24.5 Å². The molecule has 106 valence electrons. The van der Waals surface area contributed by atoms with Gasteiger partial charge in [-0.1, -0.05) is 74.7 Å². The van der Waals surface area contributed by atoms with Crippen molar-refractivity contribution in [3.8, 4) is 0 Å². The second-order valence-electron chi connectivity index (χ2n) is 4.82. The zero-order chi connectivity index (χ0) is 13.9. The summed E-state index contributed by atoms with van der Waals surface area (Å²) in [4.78, 5) is 0. The van der Waals surface area contributed by atoms with E-state index in [1.54, 1.807) is 0 Å². The van der Waals surface area contributed by atoms with E-state index in [0.29, 0.717) is 0 Å². The predicted molar refractivity (Wildman–Crippen MR) is 84.4 cm³/mol. The fourth-order valence-electron chi connectivity index (χ4n) is 2.07. The lowest BCUT2D eigenvalue weighted by Gasteiger charge is -2.12. The van der Waals surface area contributed by atoms with E-state index in [1.807, 2.05) is 42.5 Å². The quantitative estimate of drug-likeness (QED) is 0.429. The zero-order valence-electron chi connectivity index (χ0n) is 12.0. The average molecular weight is 281 g/mol. The van der Waals surface area contributed by atoms with Crippen LogP contribution in [0.1, 0.15) is 45.1 Å². The maximum atomic E-state index is 6.10. The SMILES string of the molecule is CCC(CC)CCCOC(Cl)C=Cc1ccccc1. The Bertz CT molecular complexity index is 344. The van der Waals surface area contributed by atoms with Crippen LogP contribution in [0, 0.1) is 5.92 Å². The van der Waals surface area contributed by atoms with Crippen LogP contribution in [0.15, 0.2) is 36.4 Å². The molecule has 0 bridgehead atoms. The van der Waals surface area contributed by atoms with Crippen LogP contribution in [0.3, 0.4) is 0 Å². The minimum Gasteiger partial charge on any atom is -0.359 e. The molecule has 0 radical (unpaired) electrons. The standard InChI is InChI=1S/C17H25ClO/c1-3-15(4-2)11-8-14-19-17(18)13-12-16-9-6-5-7-10-16/h5-7,9-10,12-13,15,17H,3-4,8,11,14H2,1-2H3. The third-order valence-electron chi connectivity index (χ3n) is 3.43. The lowest BCUT2D eigenvalue weighted by atomic mass is 9.98. The average Bonchev–Trinajstić information content (AvgIpc) is 2.46. The first-order chi connectivity index (χ1) is 9.26. The van der Waals surface area contributed by atoms with Crippen molar-refractivity contribution >= 4 is 17.7 Å². The van der Waals surface area contributed by atoms with Gasteiger partial charge >= 0.3 is 0 Å². The first-order valence-electron chi connectivity index (χ1n) is 7.25. The van der Waals surface area contributed by atoms with Gasteiger partial charge in [-0.3, -0.25) is 0 Å². The van der Waals surface area contributed by atoms with E-state index in [-0.39, 0.29) is 5.56 Å². The van der Waals surface area contributed by atoms with Crippen LogP contribution in [0.4, 0.5) is 0 Å². The highest BCUT2D eigenvalue weighted by Gasteiger charge is 2.04. The molecular formula is C17H25ClO. The Labute approximate surface area is 122 Å². The van der Waals surface area contributed by atoms with Crippen LogP contribution in [-0.2, 0) is 4.74 Å². The summed E-state index contributed by atoms with van der Waals surface area (Å²) in [5.41, 5.74) is 0.815. The van der Waals surface area contributed by atoms with Gasteiger partial charge in [0.2, 0.25) is 0 Å². The Balaban J connectivity index is 2.18. The van der Waals surface area contributed by atoms with E-state index >= 15 is 0 Å². The van der Waals surface area contributed by atoms with Crippen molar-refractivity contribution < 1.29 is 4.74 Å². The molecule has 0 aliphatic rings. The van der Waals surface area contributed by atoms with Crippen LogP contribution < -0.4 is 0 Å². The molecule has 0 heterocycles. The van der Waals surface area contributed by atoms with Gasteiger partial charge in [-0.15, -0.1) is 0 Å². The maximum Gasteiger partial charge on any atom is 0.150 e. The molecule has 1 nitrogen and oxygen atoms in total. The van der Waals surface area contributed by atoms with E-state index in [2.05, 4.69) is 13.8 Å². The van der Waals surface area contributed by atoms with Crippen LogP contribution in [0.5, 0.6) is 0 Å². The highest BCUT2D eigenvalue weighted by molar-refractivity contribution is 6.21. The summed E-state index contributed by atoms with van der Waals surface area (Å²) in [7, 11) is 0. The Morgan fingerprint density at radius 2 is 1.84 bits per heavy atom. The van der Waals surface area contributed by atoms with Gasteiger partial charge in [-0.2, -0.15) is 0 Å². The van der Waals surface area contributed by atoms with Crippen molar-refractivity contribution in [2.75, 3.05) is 6.61 Å². The number of ether oxygens (including phenoxy) is 1. The highest BCUT2D eigenvalue weighted by atomic mass is 35.5. The van der Waals surface area contributed by atoms with Crippen LogP contribution >= 0.6 is 11.6 Å². The van der Waals surface area contributed by atoms with Crippen molar-refractivity contribution in [1.82, 2.24) is 0 Å². The summed E-state index contributed by atoms with van der Waals surface area (Å²) >= 11 is 6.10. The molecular weight excluding hydrogens is 256 g/mol. The molecule has 0 aliphatic carbocycles. The molecule has 0 amide bonds. The van der Waals surface area contributed by atoms with Gasteiger partial charge in [0.05, 0.1) is 0 Å². The third kappa shape index (κ3) is 7.39. The van der Waals surface area contributed by atoms with Gasteiger partial charge in [-0.05, 0) is 30.4 Å². The molecule has 0 aliphatic heterocycles. The smallest absolute Gasteiger partial charge is 0.150 e. The van der Waals surface area contributed by atoms with Crippen molar-refractivity contribution in [2.24, 2.45) is 5.92 Å². The van der Waals surface area contributed by atoms with E-state index in [4.69, 9.17) is 16.3 Å². The molecule has 2 heteroatoms. The van der Waals surface area contributed by atoms with E-state index in [9.17, 15) is 0 Å². The number of halogens is 1. The Morgan fingerprint density at radius 3 is 2.47 bits per heavy atom. The summed E-state index contributed by atoms with van der Waals surface area (Å²) in [5.74, 6) is 0.831. The van der Waals surface area contributed by atoms with Crippen molar-refractivity contribution in [3.05, 3.63) is 42.0 Å². The number of benzene rings is 1. The van der Waals surface area contributed by atoms with Crippen LogP contribution in [0.2, 0.25) is 0 Å². The van der Waals surface area contributed by atoms with Crippen LogP contribution in [-0.4, -0.2) is 12.2 Å². The first-order valence-corrected chi connectivity index (χ1v) is 7.68. The fraction of sp³-hybridized carbons (Fsp3) is 0.529. The third-order valence-corrected chi connectivity index (χ3v) is 3.70. The van der Waals surface area contributed by atoms with E-state index in [1.165, 1.54) is 19.3 Å². The van der Waals surface area contributed by atoms with Crippen molar-refractivity contribution in [2.45, 2.75) is 45.1 Å². The first kappa shape index (κ1) is 16.3. The summed E-state index contributed by atoms with van der Waals surface area (Å²) in [5, 5.41) is 0. The predicted octanol–water partition coefficient (Wildman–Crippen LogP) is 5.50. The lowest BCUT2D eigenvalue weighted by Crippen LogP contribution is -2.05. The second-order valence-corrected chi connectivity index (χ2v) is 5.25. The molecule has 0 fully saturated rings. The van der Waals surface area contributed by atoms with Gasteiger partial charge in [0.25, 0.3) is 0 Å². The zero-order valence-corrected chi connectivity index (χ0v) is 12.8. The molecule has 1 aromatic rings. The Hall–Kier alpha value is -0.790. The monoisotopic (exact) mass is 280 g/mol. The maximum absolute atomic E-state index is 6.10. The number of hydrogen-bond donors (Lipinski definition) is 0. The molecule has 0 aromatic heterocycles. The fourth-order valence-corrected chi connectivity index (χ4v) is 2.23. The normalized spacial score (nSPS) is 13.3. The van der Waals surface area contributed by atoms with Gasteiger partial charge in [0, 0.05) is 6.61 Å². The molecule has 1 atom stereocenters. The highest BCUT2D eigenvalue weighted by Crippen LogP contribution is 2.15. The minimum absolute atomic E-state index is 0.332. The molecule has 1 unspecified atom stereocenters. The topological polar surface area (TPSA) is 9.23 Å². The summed E-state index contributed by atoms with van der Waals surface area (Å²) < 4.78 is 5.58. The molecule has 19 heavy (non-hydrogen) atoms. The number of hydrogen-bond acceptors (Lipinski definition) is 1. The molecule has 0 spiro atoms. The summed E-state index contributed by atoms with van der Waals surface area (Å²) in [6.45, 7) is 5.24. The van der Waals surface area contributed by atoms with Crippen LogP contribution in [0.25, 0.3) is 6.08 Å². The molecule has 1 aromatic carbocycles. The van der Waals surface area contributed by atoms with Crippen molar-refractivity contribution in [3.63, 3.8) is 0 Å². The van der Waals surface area contributed by atoms with Crippen molar-refractivity contribution in [1.29, 1.82) is 0 Å². The molecule has 0 saturated heterocycles. The molecule has 0 N–H and O–H groups in total. The molecule has 0 saturated carbocycles.